The zero-order valence-electron chi connectivity index (χ0n) is 10.7. The van der Waals surface area contributed by atoms with Crippen LogP contribution >= 0.6 is 0 Å². The summed E-state index contributed by atoms with van der Waals surface area (Å²) < 4.78 is 0. The van der Waals surface area contributed by atoms with E-state index in [4.69, 9.17) is 0 Å². The van der Waals surface area contributed by atoms with E-state index in [0.29, 0.717) is 18.0 Å². The molecule has 0 radical (unpaired) electrons. The van der Waals surface area contributed by atoms with E-state index < -0.39 is 0 Å². The molecule has 1 fully saturated rings. The van der Waals surface area contributed by atoms with Crippen molar-refractivity contribution in [3.8, 4) is 0 Å². The molecule has 1 N–H and O–H groups in total. The molecule has 0 bridgehead atoms. The Bertz CT molecular complexity index is 344. The first-order chi connectivity index (χ1) is 8.31. The van der Waals surface area contributed by atoms with Crippen molar-refractivity contribution in [1.82, 2.24) is 5.32 Å². The van der Waals surface area contributed by atoms with Gasteiger partial charge in [0.1, 0.15) is 0 Å². The highest BCUT2D eigenvalue weighted by Crippen LogP contribution is 2.27. The standard InChI is InChI=1S/C16H23N/c1-3-14-9-7-8-12-16(14)17-13(2)15-10-5-4-6-11-15/h3-6,10-11,13-14,16-17H,1,7-9,12H2,2H3. The molecule has 0 saturated heterocycles. The summed E-state index contributed by atoms with van der Waals surface area (Å²) in [6, 6.07) is 11.7. The molecule has 2 rings (SSSR count). The minimum atomic E-state index is 0.432. The van der Waals surface area contributed by atoms with Gasteiger partial charge in [0, 0.05) is 12.1 Å². The highest BCUT2D eigenvalue weighted by molar-refractivity contribution is 5.18. The normalized spacial score (nSPS) is 26.4. The molecule has 3 unspecified atom stereocenters. The van der Waals surface area contributed by atoms with Gasteiger partial charge in [-0.15, -0.1) is 6.58 Å². The maximum atomic E-state index is 3.97. The van der Waals surface area contributed by atoms with E-state index in [9.17, 15) is 0 Å². The van der Waals surface area contributed by atoms with Gasteiger partial charge >= 0.3 is 0 Å². The largest absolute Gasteiger partial charge is 0.307 e. The second-order valence-electron chi connectivity index (χ2n) is 5.09. The van der Waals surface area contributed by atoms with Crippen molar-refractivity contribution in [3.63, 3.8) is 0 Å². The van der Waals surface area contributed by atoms with Crippen LogP contribution in [0.4, 0.5) is 0 Å². The van der Waals surface area contributed by atoms with Gasteiger partial charge in [-0.05, 0) is 31.2 Å². The van der Waals surface area contributed by atoms with Crippen LogP contribution in [0, 0.1) is 5.92 Å². The monoisotopic (exact) mass is 229 g/mol. The Hall–Kier alpha value is -1.08. The molecule has 1 heteroatoms. The van der Waals surface area contributed by atoms with Crippen molar-refractivity contribution < 1.29 is 0 Å². The van der Waals surface area contributed by atoms with E-state index in [0.717, 1.165) is 0 Å². The van der Waals surface area contributed by atoms with E-state index in [1.165, 1.54) is 31.2 Å². The van der Waals surface area contributed by atoms with Gasteiger partial charge in [0.15, 0.2) is 0 Å². The van der Waals surface area contributed by atoms with Crippen LogP contribution in [0.5, 0.6) is 0 Å². The molecule has 0 heterocycles. The molecule has 17 heavy (non-hydrogen) atoms. The first-order valence-electron chi connectivity index (χ1n) is 6.75. The van der Waals surface area contributed by atoms with Gasteiger partial charge in [-0.3, -0.25) is 0 Å². The van der Waals surface area contributed by atoms with Crippen LogP contribution in [0.1, 0.15) is 44.2 Å². The molecule has 92 valence electrons. The first kappa shape index (κ1) is 12.4. The van der Waals surface area contributed by atoms with Crippen molar-refractivity contribution in [2.75, 3.05) is 0 Å². The van der Waals surface area contributed by atoms with Crippen molar-refractivity contribution >= 4 is 0 Å². The quantitative estimate of drug-likeness (QED) is 0.767. The SMILES string of the molecule is C=CC1CCCCC1NC(C)c1ccccc1. The Morgan fingerprint density at radius 1 is 1.24 bits per heavy atom. The van der Waals surface area contributed by atoms with Crippen LogP contribution in [0.3, 0.4) is 0 Å². The highest BCUT2D eigenvalue weighted by Gasteiger charge is 2.23. The summed E-state index contributed by atoms with van der Waals surface area (Å²) in [7, 11) is 0. The summed E-state index contributed by atoms with van der Waals surface area (Å²) in [5, 5.41) is 3.76. The molecular weight excluding hydrogens is 206 g/mol. The molecule has 0 aliphatic heterocycles. The van der Waals surface area contributed by atoms with Gasteiger partial charge in [-0.1, -0.05) is 49.2 Å². The fourth-order valence-corrected chi connectivity index (χ4v) is 2.81. The van der Waals surface area contributed by atoms with Gasteiger partial charge in [-0.2, -0.15) is 0 Å². The third kappa shape index (κ3) is 3.19. The molecule has 3 atom stereocenters. The lowest BCUT2D eigenvalue weighted by molar-refractivity contribution is 0.287. The summed E-state index contributed by atoms with van der Waals surface area (Å²) in [4.78, 5) is 0. The zero-order chi connectivity index (χ0) is 12.1. The highest BCUT2D eigenvalue weighted by atomic mass is 15.0. The van der Waals surface area contributed by atoms with Crippen LogP contribution in [0.25, 0.3) is 0 Å². The van der Waals surface area contributed by atoms with Crippen molar-refractivity contribution in [1.29, 1.82) is 0 Å². The predicted octanol–water partition coefficient (Wildman–Crippen LogP) is 4.08. The molecule has 1 saturated carbocycles. The maximum Gasteiger partial charge on any atom is 0.0294 e. The Kier molecular flexibility index (Phi) is 4.38. The van der Waals surface area contributed by atoms with Crippen molar-refractivity contribution in [3.05, 3.63) is 48.6 Å². The summed E-state index contributed by atoms with van der Waals surface area (Å²) >= 11 is 0. The third-order valence-corrected chi connectivity index (χ3v) is 3.89. The topological polar surface area (TPSA) is 12.0 Å². The van der Waals surface area contributed by atoms with E-state index in [-0.39, 0.29) is 0 Å². The molecule has 0 amide bonds. The molecule has 1 aliphatic rings. The van der Waals surface area contributed by atoms with Gasteiger partial charge in [0.05, 0.1) is 0 Å². The number of hydrogen-bond donors (Lipinski definition) is 1. The van der Waals surface area contributed by atoms with E-state index in [2.05, 4.69) is 55.2 Å². The Labute approximate surface area is 105 Å². The molecule has 1 nitrogen and oxygen atoms in total. The third-order valence-electron chi connectivity index (χ3n) is 3.89. The average molecular weight is 229 g/mol. The van der Waals surface area contributed by atoms with Crippen molar-refractivity contribution in [2.45, 2.75) is 44.7 Å². The lowest BCUT2D eigenvalue weighted by Gasteiger charge is -2.32. The Morgan fingerprint density at radius 2 is 1.94 bits per heavy atom. The van der Waals surface area contributed by atoms with Crippen LogP contribution < -0.4 is 5.32 Å². The van der Waals surface area contributed by atoms with E-state index in [1.807, 2.05) is 0 Å². The molecule has 1 aromatic rings. The Morgan fingerprint density at radius 3 is 2.65 bits per heavy atom. The van der Waals surface area contributed by atoms with Crippen LogP contribution in [0.2, 0.25) is 0 Å². The lowest BCUT2D eigenvalue weighted by Crippen LogP contribution is -2.39. The van der Waals surface area contributed by atoms with Gasteiger partial charge in [0.2, 0.25) is 0 Å². The molecule has 0 aromatic heterocycles. The van der Waals surface area contributed by atoms with Crippen LogP contribution in [0.15, 0.2) is 43.0 Å². The molecule has 1 aromatic carbocycles. The number of rotatable bonds is 4. The summed E-state index contributed by atoms with van der Waals surface area (Å²) in [5.74, 6) is 0.648. The van der Waals surface area contributed by atoms with E-state index >= 15 is 0 Å². The first-order valence-corrected chi connectivity index (χ1v) is 6.75. The van der Waals surface area contributed by atoms with Gasteiger partial charge < -0.3 is 5.32 Å². The second-order valence-corrected chi connectivity index (χ2v) is 5.09. The smallest absolute Gasteiger partial charge is 0.0294 e. The molecular formula is C16H23N. The Balaban J connectivity index is 1.97. The molecule has 0 spiro atoms. The fraction of sp³-hybridized carbons (Fsp3) is 0.500. The van der Waals surface area contributed by atoms with Crippen LogP contribution in [-0.2, 0) is 0 Å². The summed E-state index contributed by atoms with van der Waals surface area (Å²) in [6.07, 6.45) is 7.42. The van der Waals surface area contributed by atoms with Crippen molar-refractivity contribution in [2.24, 2.45) is 5.92 Å². The predicted molar refractivity (Wildman–Crippen MR) is 73.9 cm³/mol. The van der Waals surface area contributed by atoms with Gasteiger partial charge in [-0.25, -0.2) is 0 Å². The summed E-state index contributed by atoms with van der Waals surface area (Å²) in [5.41, 5.74) is 1.38. The minimum absolute atomic E-state index is 0.432. The zero-order valence-corrected chi connectivity index (χ0v) is 10.7. The number of nitrogens with one attached hydrogen (secondary N) is 1. The second kappa shape index (κ2) is 6.02. The lowest BCUT2D eigenvalue weighted by atomic mass is 9.84. The average Bonchev–Trinajstić information content (AvgIpc) is 2.40. The van der Waals surface area contributed by atoms with Gasteiger partial charge in [0.25, 0.3) is 0 Å². The maximum absolute atomic E-state index is 3.97. The number of hydrogen-bond acceptors (Lipinski definition) is 1. The minimum Gasteiger partial charge on any atom is -0.307 e. The number of benzene rings is 1. The van der Waals surface area contributed by atoms with E-state index in [1.54, 1.807) is 0 Å². The van der Waals surface area contributed by atoms with Crippen LogP contribution in [-0.4, -0.2) is 6.04 Å². The summed E-state index contributed by atoms with van der Waals surface area (Å²) in [6.45, 7) is 6.23. The fourth-order valence-electron chi connectivity index (χ4n) is 2.81. The molecule has 1 aliphatic carbocycles.